The number of ether oxygens (including phenoxy) is 2. The van der Waals surface area contributed by atoms with Crippen molar-refractivity contribution in [2.45, 2.75) is 51.6 Å². The third-order valence-electron chi connectivity index (χ3n) is 5.76. The van der Waals surface area contributed by atoms with E-state index in [9.17, 15) is 27.6 Å². The van der Waals surface area contributed by atoms with Gasteiger partial charge in [-0.05, 0) is 57.5 Å². The number of hydrogen-bond donors (Lipinski definition) is 4. The monoisotopic (exact) mass is 590 g/mol. The van der Waals surface area contributed by atoms with Gasteiger partial charge in [0.15, 0.2) is 5.54 Å². The number of carboxylic acids is 1. The van der Waals surface area contributed by atoms with Crippen LogP contribution >= 0.6 is 0 Å². The van der Waals surface area contributed by atoms with Crippen LogP contribution < -0.4 is 20.7 Å². The summed E-state index contributed by atoms with van der Waals surface area (Å²) < 4.78 is 43.1. The van der Waals surface area contributed by atoms with E-state index >= 15 is 0 Å². The van der Waals surface area contributed by atoms with Gasteiger partial charge in [-0.2, -0.15) is 13.2 Å². The Morgan fingerprint density at radius 3 is 2.26 bits per heavy atom. The molecule has 2 aromatic carbocycles. The van der Waals surface area contributed by atoms with Gasteiger partial charge in [-0.25, -0.2) is 14.4 Å². The number of urea groups is 1. The molecule has 224 valence electrons. The van der Waals surface area contributed by atoms with E-state index in [1.165, 1.54) is 0 Å². The number of alkyl carbamates (subject to hydrolysis) is 1. The van der Waals surface area contributed by atoms with Crippen LogP contribution in [0.2, 0.25) is 0 Å². The molecule has 4 amide bonds. The summed E-state index contributed by atoms with van der Waals surface area (Å²) in [5.74, 6) is -2.83. The Kier molecular flexibility index (Phi) is 9.29. The molecule has 0 saturated carbocycles. The van der Waals surface area contributed by atoms with Crippen LogP contribution in [0.4, 0.5) is 22.8 Å². The zero-order valence-corrected chi connectivity index (χ0v) is 23.1. The molecule has 1 aliphatic rings. The molecule has 0 spiro atoms. The van der Waals surface area contributed by atoms with Gasteiger partial charge >= 0.3 is 24.3 Å². The predicted octanol–water partition coefficient (Wildman–Crippen LogP) is 4.31. The molecule has 0 bridgehead atoms. The highest BCUT2D eigenvalue weighted by Crippen LogP contribution is 2.27. The summed E-state index contributed by atoms with van der Waals surface area (Å²) in [4.78, 5) is 50.6. The number of benzene rings is 2. The van der Waals surface area contributed by atoms with Crippen molar-refractivity contribution < 1.29 is 46.9 Å². The molecule has 4 rings (SSSR count). The Bertz CT molecular complexity index is 1490. The maximum atomic E-state index is 12.9. The first-order valence-electron chi connectivity index (χ1n) is 12.5. The number of aliphatic carboxylic acids is 1. The zero-order chi connectivity index (χ0) is 31.3. The minimum absolute atomic E-state index is 0.126. The van der Waals surface area contributed by atoms with Gasteiger partial charge in [0.1, 0.15) is 18.0 Å². The molecule has 2 heterocycles. The second kappa shape index (κ2) is 12.3. The van der Waals surface area contributed by atoms with E-state index in [4.69, 9.17) is 19.4 Å². The summed E-state index contributed by atoms with van der Waals surface area (Å²) >= 11 is 0. The van der Waals surface area contributed by atoms with Crippen molar-refractivity contribution in [3.8, 4) is 5.75 Å². The zero-order valence-electron chi connectivity index (χ0n) is 23.1. The second-order valence-electron chi connectivity index (χ2n) is 10.2. The van der Waals surface area contributed by atoms with Crippen molar-refractivity contribution in [1.29, 1.82) is 0 Å². The van der Waals surface area contributed by atoms with Gasteiger partial charge in [-0.3, -0.25) is 15.1 Å². The third kappa shape index (κ3) is 8.08. The van der Waals surface area contributed by atoms with Crippen molar-refractivity contribution in [2.75, 3.05) is 6.54 Å². The molecule has 1 atom stereocenters. The van der Waals surface area contributed by atoms with E-state index in [0.29, 0.717) is 17.9 Å². The molecule has 0 unspecified atom stereocenters. The first-order valence-corrected chi connectivity index (χ1v) is 12.5. The van der Waals surface area contributed by atoms with Crippen molar-refractivity contribution in [3.05, 3.63) is 71.4 Å². The summed E-state index contributed by atoms with van der Waals surface area (Å²) in [7, 11) is 0. The quantitative estimate of drug-likeness (QED) is 0.343. The normalized spacial score (nSPS) is 16.8. The van der Waals surface area contributed by atoms with Crippen LogP contribution in [0.5, 0.6) is 5.75 Å². The number of amides is 4. The fourth-order valence-electron chi connectivity index (χ4n) is 3.94. The minimum atomic E-state index is -5.08. The second-order valence-corrected chi connectivity index (χ2v) is 10.2. The minimum Gasteiger partial charge on any atom is -0.489 e. The van der Waals surface area contributed by atoms with Gasteiger partial charge in [-0.15, -0.1) is 0 Å². The number of aryl methyl sites for hydroxylation is 1. The van der Waals surface area contributed by atoms with E-state index in [1.54, 1.807) is 45.0 Å². The number of alkyl halides is 3. The van der Waals surface area contributed by atoms with E-state index in [-0.39, 0.29) is 6.54 Å². The molecule has 4 N–H and O–H groups in total. The number of carbonyl (C=O) groups excluding carboxylic acids is 3. The lowest BCUT2D eigenvalue weighted by Gasteiger charge is -2.37. The number of rotatable bonds is 5. The summed E-state index contributed by atoms with van der Waals surface area (Å²) in [6.07, 6.45) is -5.86. The standard InChI is InChI=1S/C26H28N4O5.C2HF3O2/c1-16-13-17(20-7-5-6-8-21(20)28-16)14-34-19-11-9-18(10-12-19)26(15-27-23(32)29-22(26)31)30-24(33)35-25(2,3)4;3-2(4,5)1(6)7/h5-13H,14-15H2,1-4H3,(H,30,33)(H2,27,29,31,32);(H,6,7)/t26-;/m1./s1. The lowest BCUT2D eigenvalue weighted by Crippen LogP contribution is -2.68. The summed E-state index contributed by atoms with van der Waals surface area (Å²) in [6, 6.07) is 16.0. The van der Waals surface area contributed by atoms with Crippen molar-refractivity contribution >= 4 is 34.9 Å². The molecule has 1 aromatic heterocycles. The van der Waals surface area contributed by atoms with Gasteiger partial charge in [0, 0.05) is 16.6 Å². The summed E-state index contributed by atoms with van der Waals surface area (Å²) in [5.41, 5.74) is 0.994. The number of nitrogens with zero attached hydrogens (tertiary/aromatic N) is 1. The first-order chi connectivity index (χ1) is 19.5. The van der Waals surface area contributed by atoms with Gasteiger partial charge in [0.25, 0.3) is 5.91 Å². The van der Waals surface area contributed by atoms with Crippen LogP contribution in [-0.4, -0.2) is 52.4 Å². The molecule has 0 radical (unpaired) electrons. The first kappa shape index (κ1) is 31.6. The van der Waals surface area contributed by atoms with E-state index in [2.05, 4.69) is 20.9 Å². The Balaban J connectivity index is 0.000000616. The Hall–Kier alpha value is -4.88. The van der Waals surface area contributed by atoms with E-state index < -0.39 is 41.3 Å². The number of nitrogens with one attached hydrogen (secondary N) is 3. The van der Waals surface area contributed by atoms with E-state index in [0.717, 1.165) is 22.2 Å². The molecule has 0 aliphatic carbocycles. The summed E-state index contributed by atoms with van der Waals surface area (Å²) in [5, 5.41) is 15.6. The molecular weight excluding hydrogens is 561 g/mol. The van der Waals surface area contributed by atoms with Crippen LogP contribution in [0.15, 0.2) is 54.6 Å². The number of para-hydroxylation sites is 1. The van der Waals surface area contributed by atoms with Crippen molar-refractivity contribution in [2.24, 2.45) is 0 Å². The molecule has 1 fully saturated rings. The van der Waals surface area contributed by atoms with Crippen molar-refractivity contribution in [1.82, 2.24) is 20.9 Å². The van der Waals surface area contributed by atoms with Gasteiger partial charge in [-0.1, -0.05) is 30.3 Å². The molecular formula is C28H29F3N4O7. The number of carboxylic acid groups (broad SMARTS) is 1. The van der Waals surface area contributed by atoms with Gasteiger partial charge in [0.05, 0.1) is 12.1 Å². The number of fused-ring (bicyclic) bond motifs is 1. The molecule has 1 aliphatic heterocycles. The van der Waals surface area contributed by atoms with E-state index in [1.807, 2.05) is 37.3 Å². The lowest BCUT2D eigenvalue weighted by molar-refractivity contribution is -0.192. The Labute approximate surface area is 238 Å². The predicted molar refractivity (Wildman–Crippen MR) is 144 cm³/mol. The molecule has 1 saturated heterocycles. The molecule has 14 heteroatoms. The topological polar surface area (TPSA) is 156 Å². The lowest BCUT2D eigenvalue weighted by atomic mass is 9.87. The fourth-order valence-corrected chi connectivity index (χ4v) is 3.94. The highest BCUT2D eigenvalue weighted by Gasteiger charge is 2.46. The number of carbonyl (C=O) groups is 4. The van der Waals surface area contributed by atoms with Crippen LogP contribution in [0.25, 0.3) is 10.9 Å². The number of pyridine rings is 1. The molecule has 11 nitrogen and oxygen atoms in total. The maximum Gasteiger partial charge on any atom is 0.490 e. The van der Waals surface area contributed by atoms with Crippen molar-refractivity contribution in [3.63, 3.8) is 0 Å². The SMILES string of the molecule is Cc1cc(COc2ccc([C@]3(NC(=O)OC(C)(C)C)CNC(=O)NC3=O)cc2)c2ccccc2n1.O=C(O)C(F)(F)F. The van der Waals surface area contributed by atoms with Crippen LogP contribution in [0.3, 0.4) is 0 Å². The fraction of sp³-hybridized carbons (Fsp3) is 0.321. The summed E-state index contributed by atoms with van der Waals surface area (Å²) in [6.45, 7) is 7.32. The average Bonchev–Trinajstić information content (AvgIpc) is 2.88. The maximum absolute atomic E-state index is 12.9. The number of hydrogen-bond acceptors (Lipinski definition) is 7. The molecule has 42 heavy (non-hydrogen) atoms. The largest absolute Gasteiger partial charge is 0.490 e. The smallest absolute Gasteiger partial charge is 0.489 e. The molecule has 3 aromatic rings. The Morgan fingerprint density at radius 1 is 1.07 bits per heavy atom. The van der Waals surface area contributed by atoms with Crippen LogP contribution in [0, 0.1) is 6.92 Å². The Morgan fingerprint density at radius 2 is 1.69 bits per heavy atom. The van der Waals surface area contributed by atoms with Gasteiger partial charge in [0.2, 0.25) is 0 Å². The van der Waals surface area contributed by atoms with Crippen LogP contribution in [-0.2, 0) is 26.5 Å². The number of imide groups is 1. The number of halogens is 3. The average molecular weight is 591 g/mol. The third-order valence-corrected chi connectivity index (χ3v) is 5.76. The highest BCUT2D eigenvalue weighted by molar-refractivity contribution is 6.04. The number of aromatic nitrogens is 1. The van der Waals surface area contributed by atoms with Gasteiger partial charge < -0.3 is 25.2 Å². The highest BCUT2D eigenvalue weighted by atomic mass is 19.4. The van der Waals surface area contributed by atoms with Crippen LogP contribution in [0.1, 0.15) is 37.6 Å².